The molecule has 0 saturated carbocycles. The molecule has 36 heavy (non-hydrogen) atoms. The summed E-state index contributed by atoms with van der Waals surface area (Å²) in [6, 6.07) is 8.30. The van der Waals surface area contributed by atoms with Gasteiger partial charge in [0.25, 0.3) is 11.8 Å². The van der Waals surface area contributed by atoms with Crippen LogP contribution in [0.1, 0.15) is 45.3 Å². The number of hydrogen-bond acceptors (Lipinski definition) is 7. The largest absolute Gasteiger partial charge is 0.472 e. The molecule has 2 fully saturated rings. The second-order valence-electron chi connectivity index (χ2n) is 9.34. The van der Waals surface area contributed by atoms with Crippen LogP contribution < -0.4 is 0 Å². The maximum Gasteiger partial charge on any atom is 0.274 e. The maximum absolute atomic E-state index is 13.5. The van der Waals surface area contributed by atoms with Crippen molar-refractivity contribution in [3.8, 4) is 11.3 Å². The van der Waals surface area contributed by atoms with Crippen molar-refractivity contribution >= 4 is 21.7 Å². The van der Waals surface area contributed by atoms with E-state index in [4.69, 9.17) is 14.3 Å². The number of ether oxygens (including phenoxy) is 1. The molecule has 0 bridgehead atoms. The number of likely N-dealkylation sites (tertiary alicyclic amines) is 1. The summed E-state index contributed by atoms with van der Waals surface area (Å²) in [4.78, 5) is 30.2. The molecule has 3 aliphatic heterocycles. The maximum atomic E-state index is 13.5. The summed E-state index contributed by atoms with van der Waals surface area (Å²) in [6.07, 6.45) is 4.42. The summed E-state index contributed by atoms with van der Waals surface area (Å²) < 4.78 is 38.7. The molecule has 0 aliphatic carbocycles. The first-order valence-corrected chi connectivity index (χ1v) is 13.7. The topological polar surface area (TPSA) is 115 Å². The van der Waals surface area contributed by atoms with Crippen LogP contribution >= 0.6 is 0 Å². The molecule has 1 aromatic carbocycles. The predicted molar refractivity (Wildman–Crippen MR) is 128 cm³/mol. The van der Waals surface area contributed by atoms with E-state index in [1.54, 1.807) is 44.8 Å². The lowest BCUT2D eigenvalue weighted by Gasteiger charge is -2.34. The predicted octanol–water partition coefficient (Wildman–Crippen LogP) is 2.38. The fraction of sp³-hybridized carbons (Fsp3) is 0.400. The molecule has 10 nitrogen and oxygen atoms in total. The standard InChI is InChI=1S/C25H26N4O6S/c30-24(17-7-11-35-15-17)28-8-3-4-18(14-28)29-23-19-5-1-2-6-21(19)36(32,33)16-20(23)22(26-29)25(31)27-9-12-34-13-10-27/h1-2,5-7,11,15,18H,3-4,8-10,12-14,16H2. The summed E-state index contributed by atoms with van der Waals surface area (Å²) in [6.45, 7) is 2.74. The number of hydrogen-bond donors (Lipinski definition) is 0. The SMILES string of the molecule is O=C(c1ccoc1)N1CCCC(n2nc(C(=O)N3CCOCC3)c3c2-c2ccccc2S(=O)(=O)C3)C1. The van der Waals surface area contributed by atoms with Gasteiger partial charge in [0.15, 0.2) is 15.5 Å². The number of sulfone groups is 1. The van der Waals surface area contributed by atoms with Gasteiger partial charge in [0.05, 0.1) is 47.4 Å². The van der Waals surface area contributed by atoms with Crippen LogP contribution in [0, 0.1) is 0 Å². The Bertz CT molecular complexity index is 1420. The van der Waals surface area contributed by atoms with Gasteiger partial charge in [-0.1, -0.05) is 18.2 Å². The van der Waals surface area contributed by atoms with Gasteiger partial charge in [-0.3, -0.25) is 14.3 Å². The zero-order chi connectivity index (χ0) is 24.9. The Morgan fingerprint density at radius 2 is 1.81 bits per heavy atom. The number of aromatic nitrogens is 2. The first-order chi connectivity index (χ1) is 17.4. The first-order valence-electron chi connectivity index (χ1n) is 12.1. The van der Waals surface area contributed by atoms with E-state index in [0.717, 1.165) is 12.8 Å². The van der Waals surface area contributed by atoms with Crippen LogP contribution in [0.3, 0.4) is 0 Å². The lowest BCUT2D eigenvalue weighted by molar-refractivity contribution is 0.0297. The number of fused-ring (bicyclic) bond motifs is 3. The van der Waals surface area contributed by atoms with Crippen molar-refractivity contribution in [1.82, 2.24) is 19.6 Å². The Morgan fingerprint density at radius 3 is 2.58 bits per heavy atom. The van der Waals surface area contributed by atoms with Crippen LogP contribution in [0.5, 0.6) is 0 Å². The molecular weight excluding hydrogens is 484 g/mol. The summed E-state index contributed by atoms with van der Waals surface area (Å²) in [5.41, 5.74) is 2.29. The molecule has 2 amide bonds. The van der Waals surface area contributed by atoms with Gasteiger partial charge >= 0.3 is 0 Å². The monoisotopic (exact) mass is 510 g/mol. The molecule has 0 radical (unpaired) electrons. The molecule has 6 rings (SSSR count). The van der Waals surface area contributed by atoms with Crippen LogP contribution in [0.25, 0.3) is 11.3 Å². The Labute approximate surface area is 208 Å². The normalized spacial score (nSPS) is 21.1. The van der Waals surface area contributed by atoms with Crippen molar-refractivity contribution < 1.29 is 27.2 Å². The number of rotatable bonds is 3. The molecule has 2 saturated heterocycles. The Morgan fingerprint density at radius 1 is 1.00 bits per heavy atom. The minimum Gasteiger partial charge on any atom is -0.472 e. The molecule has 0 N–H and O–H groups in total. The average Bonchev–Trinajstić information content (AvgIpc) is 3.57. The number of carbonyl (C=O) groups is 2. The molecular formula is C25H26N4O6S. The molecule has 5 heterocycles. The first kappa shape index (κ1) is 23.0. The van der Waals surface area contributed by atoms with Gasteiger partial charge < -0.3 is 19.0 Å². The highest BCUT2D eigenvalue weighted by molar-refractivity contribution is 7.90. The van der Waals surface area contributed by atoms with Crippen LogP contribution in [-0.2, 0) is 20.3 Å². The highest BCUT2D eigenvalue weighted by atomic mass is 32.2. The van der Waals surface area contributed by atoms with E-state index < -0.39 is 9.84 Å². The Kier molecular flexibility index (Phi) is 5.68. The van der Waals surface area contributed by atoms with E-state index in [2.05, 4.69) is 0 Å². The highest BCUT2D eigenvalue weighted by Crippen LogP contribution is 2.42. The number of carbonyl (C=O) groups excluding carboxylic acids is 2. The number of piperidine rings is 1. The molecule has 1 atom stereocenters. The smallest absolute Gasteiger partial charge is 0.274 e. The van der Waals surface area contributed by atoms with E-state index in [1.165, 1.54) is 12.5 Å². The number of benzene rings is 1. The van der Waals surface area contributed by atoms with Gasteiger partial charge in [0, 0.05) is 37.3 Å². The quantitative estimate of drug-likeness (QED) is 0.531. The van der Waals surface area contributed by atoms with Crippen molar-refractivity contribution in [2.45, 2.75) is 29.5 Å². The van der Waals surface area contributed by atoms with Crippen LogP contribution in [0.2, 0.25) is 0 Å². The zero-order valence-electron chi connectivity index (χ0n) is 19.6. The third kappa shape index (κ3) is 3.82. The minimum absolute atomic E-state index is 0.123. The number of morpholine rings is 1. The number of nitrogens with zero attached hydrogens (tertiary/aromatic N) is 4. The van der Waals surface area contributed by atoms with Gasteiger partial charge in [0.1, 0.15) is 6.26 Å². The fourth-order valence-corrected chi connectivity index (χ4v) is 6.95. The van der Waals surface area contributed by atoms with Gasteiger partial charge in [-0.2, -0.15) is 5.10 Å². The van der Waals surface area contributed by atoms with Crippen LogP contribution in [-0.4, -0.2) is 79.2 Å². The summed E-state index contributed by atoms with van der Waals surface area (Å²) in [7, 11) is -3.64. The van der Waals surface area contributed by atoms with Gasteiger partial charge in [-0.05, 0) is 25.0 Å². The van der Waals surface area contributed by atoms with Gasteiger partial charge in [-0.25, -0.2) is 8.42 Å². The van der Waals surface area contributed by atoms with E-state index in [-0.39, 0.29) is 34.2 Å². The summed E-state index contributed by atoms with van der Waals surface area (Å²) in [5, 5.41) is 4.78. The molecule has 188 valence electrons. The van der Waals surface area contributed by atoms with Crippen molar-refractivity contribution in [2.24, 2.45) is 0 Å². The van der Waals surface area contributed by atoms with Crippen LogP contribution in [0.4, 0.5) is 0 Å². The van der Waals surface area contributed by atoms with E-state index in [1.807, 2.05) is 0 Å². The second-order valence-corrected chi connectivity index (χ2v) is 11.3. The van der Waals surface area contributed by atoms with Crippen molar-refractivity contribution in [3.63, 3.8) is 0 Å². The molecule has 3 aliphatic rings. The van der Waals surface area contributed by atoms with E-state index >= 15 is 0 Å². The number of amides is 2. The van der Waals surface area contributed by atoms with E-state index in [0.29, 0.717) is 61.8 Å². The zero-order valence-corrected chi connectivity index (χ0v) is 20.4. The van der Waals surface area contributed by atoms with Crippen molar-refractivity contribution in [1.29, 1.82) is 0 Å². The molecule has 3 aromatic rings. The third-order valence-electron chi connectivity index (χ3n) is 7.12. The second kappa shape index (κ2) is 8.90. The van der Waals surface area contributed by atoms with Crippen LogP contribution in [0.15, 0.2) is 52.2 Å². The summed E-state index contributed by atoms with van der Waals surface area (Å²) >= 11 is 0. The van der Waals surface area contributed by atoms with Crippen molar-refractivity contribution in [3.05, 3.63) is 59.7 Å². The highest BCUT2D eigenvalue weighted by Gasteiger charge is 2.39. The average molecular weight is 511 g/mol. The third-order valence-corrected chi connectivity index (χ3v) is 8.81. The minimum atomic E-state index is -3.64. The molecule has 1 unspecified atom stereocenters. The Balaban J connectivity index is 1.44. The Hall–Kier alpha value is -3.44. The fourth-order valence-electron chi connectivity index (χ4n) is 5.35. The number of furan rings is 1. The molecule has 11 heteroatoms. The summed E-state index contributed by atoms with van der Waals surface area (Å²) in [5.74, 6) is -0.693. The lowest BCUT2D eigenvalue weighted by Crippen LogP contribution is -2.42. The van der Waals surface area contributed by atoms with Gasteiger partial charge in [0.2, 0.25) is 0 Å². The van der Waals surface area contributed by atoms with Crippen molar-refractivity contribution in [2.75, 3.05) is 39.4 Å². The van der Waals surface area contributed by atoms with Gasteiger partial charge in [-0.15, -0.1) is 0 Å². The lowest BCUT2D eigenvalue weighted by atomic mass is 10.0. The van der Waals surface area contributed by atoms with E-state index in [9.17, 15) is 18.0 Å². The molecule has 2 aromatic heterocycles. The molecule has 0 spiro atoms.